The van der Waals surface area contributed by atoms with Crippen molar-refractivity contribution in [1.29, 1.82) is 0 Å². The number of hydrogen-bond acceptors (Lipinski definition) is 9. The van der Waals surface area contributed by atoms with E-state index >= 15 is 0 Å². The third-order valence-electron chi connectivity index (χ3n) is 8.49. The van der Waals surface area contributed by atoms with E-state index in [1.54, 1.807) is 24.8 Å². The molecule has 0 spiro atoms. The Balaban J connectivity index is 0.000000182. The Bertz CT molecular complexity index is 1850. The highest BCUT2D eigenvalue weighted by molar-refractivity contribution is 7.89. The summed E-state index contributed by atoms with van der Waals surface area (Å²) in [7, 11) is -3.56. The quantitative estimate of drug-likeness (QED) is 0.185. The molecule has 10 nitrogen and oxygen atoms in total. The number of para-hydroxylation sites is 2. The van der Waals surface area contributed by atoms with Crippen LogP contribution in [0, 0.1) is 0 Å². The first kappa shape index (κ1) is 33.5. The summed E-state index contributed by atoms with van der Waals surface area (Å²) in [5, 5.41) is 0.504. The first-order valence-electron chi connectivity index (χ1n) is 16.2. The molecule has 2 aromatic heterocycles. The molecule has 0 unspecified atom stereocenters. The fourth-order valence-electron chi connectivity index (χ4n) is 6.12. The highest BCUT2D eigenvalue weighted by atomic mass is 35.5. The Morgan fingerprint density at radius 3 is 1.73 bits per heavy atom. The summed E-state index contributed by atoms with van der Waals surface area (Å²) in [4.78, 5) is 22.0. The Kier molecular flexibility index (Phi) is 10.9. The largest absolute Gasteiger partial charge is 0.330 e. The predicted molar refractivity (Wildman–Crippen MR) is 191 cm³/mol. The zero-order valence-corrected chi connectivity index (χ0v) is 28.2. The second kappa shape index (κ2) is 15.7. The van der Waals surface area contributed by atoms with Gasteiger partial charge in [0.25, 0.3) is 0 Å². The van der Waals surface area contributed by atoms with Gasteiger partial charge < -0.3 is 15.5 Å². The highest BCUT2D eigenvalue weighted by Crippen LogP contribution is 2.35. The van der Waals surface area contributed by atoms with Crippen molar-refractivity contribution in [2.24, 2.45) is 5.73 Å². The summed E-state index contributed by atoms with van der Waals surface area (Å²) in [6.45, 7) is 2.56. The maximum absolute atomic E-state index is 12.5. The maximum atomic E-state index is 12.5. The topological polar surface area (TPSA) is 130 Å². The Hall–Kier alpha value is -4.42. The standard InChI is InChI=1S/C21H21ClN4O2S.C15H18N4/c22-18-8-10-19(11-9-18)29(27,28)25-12-3-13-26-20-5-2-1-4-16(20)6-7-17-14-23-15-24-21(17)26;16-8-3-9-19-14-5-2-1-4-12(14)6-7-13-10-17-11-18-15(13)19/h1-2,4-5,8-11,14-15,25H,3,6-7,12-13H2;1-2,4-5,10-11H,3,6-9,16H2. The number of nitrogens with two attached hydrogens (primary N) is 1. The number of aromatic nitrogens is 4. The molecule has 3 aromatic carbocycles. The van der Waals surface area contributed by atoms with Crippen molar-refractivity contribution in [1.82, 2.24) is 24.7 Å². The molecule has 0 saturated heterocycles. The lowest BCUT2D eigenvalue weighted by Gasteiger charge is -2.25. The Labute approximate surface area is 287 Å². The molecule has 5 aromatic rings. The van der Waals surface area contributed by atoms with Crippen molar-refractivity contribution in [2.45, 2.75) is 43.4 Å². The average molecular weight is 683 g/mol. The number of anilines is 4. The van der Waals surface area contributed by atoms with E-state index in [1.807, 2.05) is 24.5 Å². The fourth-order valence-corrected chi connectivity index (χ4v) is 7.32. The van der Waals surface area contributed by atoms with Crippen LogP contribution >= 0.6 is 11.6 Å². The Morgan fingerprint density at radius 2 is 1.19 bits per heavy atom. The van der Waals surface area contributed by atoms with Crippen molar-refractivity contribution in [2.75, 3.05) is 36.0 Å². The number of halogens is 1. The van der Waals surface area contributed by atoms with Crippen LogP contribution in [0.15, 0.2) is 103 Å². The van der Waals surface area contributed by atoms with Gasteiger partial charge in [0.15, 0.2) is 0 Å². The van der Waals surface area contributed by atoms with E-state index in [2.05, 4.69) is 70.9 Å². The summed E-state index contributed by atoms with van der Waals surface area (Å²) in [5.74, 6) is 1.93. The molecule has 2 aliphatic heterocycles. The lowest BCUT2D eigenvalue weighted by Crippen LogP contribution is -2.28. The van der Waals surface area contributed by atoms with Gasteiger partial charge in [-0.2, -0.15) is 0 Å². The van der Waals surface area contributed by atoms with E-state index < -0.39 is 10.0 Å². The lowest BCUT2D eigenvalue weighted by molar-refractivity contribution is 0.579. The number of nitrogens with zero attached hydrogens (tertiary/aromatic N) is 6. The SMILES string of the molecule is NCCCN1c2ccccc2CCc2cncnc21.O=S(=O)(NCCCN1c2ccccc2CCc2cncnc21)c1ccc(Cl)cc1. The van der Waals surface area contributed by atoms with Crippen molar-refractivity contribution in [3.63, 3.8) is 0 Å². The summed E-state index contributed by atoms with van der Waals surface area (Å²) < 4.78 is 27.6. The molecule has 0 fully saturated rings. The number of benzene rings is 3. The third kappa shape index (κ3) is 7.82. The van der Waals surface area contributed by atoms with E-state index in [4.69, 9.17) is 17.3 Å². The number of hydrogen-bond donors (Lipinski definition) is 2. The van der Waals surface area contributed by atoms with E-state index in [9.17, 15) is 8.42 Å². The van der Waals surface area contributed by atoms with Crippen LogP contribution in [0.2, 0.25) is 5.02 Å². The average Bonchev–Trinajstić information content (AvgIpc) is 3.38. The second-order valence-electron chi connectivity index (χ2n) is 11.7. The number of sulfonamides is 1. The molecule has 0 aliphatic carbocycles. The van der Waals surface area contributed by atoms with E-state index in [1.165, 1.54) is 34.5 Å². The first-order valence-corrected chi connectivity index (χ1v) is 18.0. The first-order chi connectivity index (χ1) is 23.4. The minimum atomic E-state index is -3.56. The second-order valence-corrected chi connectivity index (χ2v) is 13.9. The fraction of sp³-hybridized carbons (Fsp3) is 0.278. The number of fused-ring (bicyclic) bond motifs is 4. The molecule has 48 heavy (non-hydrogen) atoms. The van der Waals surface area contributed by atoms with Crippen LogP contribution in [0.5, 0.6) is 0 Å². The van der Waals surface area contributed by atoms with Gasteiger partial charge in [0, 0.05) is 59.6 Å². The maximum Gasteiger partial charge on any atom is 0.240 e. The van der Waals surface area contributed by atoms with Crippen LogP contribution in [0.4, 0.5) is 23.0 Å². The van der Waals surface area contributed by atoms with Crippen molar-refractivity contribution < 1.29 is 8.42 Å². The van der Waals surface area contributed by atoms with Gasteiger partial charge in [-0.05, 0) is 92.6 Å². The molecule has 0 atom stereocenters. The van der Waals surface area contributed by atoms with Crippen molar-refractivity contribution in [3.8, 4) is 0 Å². The smallest absolute Gasteiger partial charge is 0.240 e. The van der Waals surface area contributed by atoms with Crippen molar-refractivity contribution in [3.05, 3.63) is 125 Å². The van der Waals surface area contributed by atoms with Crippen molar-refractivity contribution >= 4 is 44.6 Å². The minimum absolute atomic E-state index is 0.208. The van der Waals surface area contributed by atoms with Gasteiger partial charge in [0.1, 0.15) is 24.3 Å². The number of rotatable bonds is 9. The Morgan fingerprint density at radius 1 is 0.688 bits per heavy atom. The van der Waals surface area contributed by atoms with Crippen LogP contribution < -0.4 is 20.3 Å². The molecular formula is C36H39ClN8O2S. The highest BCUT2D eigenvalue weighted by Gasteiger charge is 2.23. The van der Waals surface area contributed by atoms with Gasteiger partial charge in [0.2, 0.25) is 10.0 Å². The molecule has 3 N–H and O–H groups in total. The zero-order chi connectivity index (χ0) is 33.3. The summed E-state index contributed by atoms with van der Waals surface area (Å²) in [6, 6.07) is 23.0. The van der Waals surface area contributed by atoms with Gasteiger partial charge in [-0.25, -0.2) is 33.1 Å². The molecule has 0 bridgehead atoms. The van der Waals surface area contributed by atoms with Gasteiger partial charge >= 0.3 is 0 Å². The van der Waals surface area contributed by atoms with Gasteiger partial charge in [-0.15, -0.1) is 0 Å². The molecular weight excluding hydrogens is 644 g/mol. The molecule has 0 amide bonds. The van der Waals surface area contributed by atoms with Crippen LogP contribution in [0.1, 0.15) is 35.1 Å². The normalized spacial score (nSPS) is 13.5. The monoisotopic (exact) mass is 682 g/mol. The summed E-state index contributed by atoms with van der Waals surface area (Å²) in [5.41, 5.74) is 13.0. The summed E-state index contributed by atoms with van der Waals surface area (Å²) in [6.07, 6.45) is 12.4. The number of aryl methyl sites for hydroxylation is 4. The van der Waals surface area contributed by atoms with Crippen LogP contribution in [0.3, 0.4) is 0 Å². The molecule has 12 heteroatoms. The van der Waals surface area contributed by atoms with E-state index in [-0.39, 0.29) is 4.90 Å². The molecule has 4 heterocycles. The van der Waals surface area contributed by atoms with Gasteiger partial charge in [0.05, 0.1) is 4.90 Å². The molecule has 0 saturated carbocycles. The van der Waals surface area contributed by atoms with Crippen LogP contribution in [0.25, 0.3) is 0 Å². The van der Waals surface area contributed by atoms with Crippen LogP contribution in [-0.4, -0.2) is 54.5 Å². The molecule has 2 aliphatic rings. The molecule has 248 valence electrons. The van der Waals surface area contributed by atoms with Gasteiger partial charge in [-0.3, -0.25) is 0 Å². The summed E-state index contributed by atoms with van der Waals surface area (Å²) >= 11 is 5.84. The van der Waals surface area contributed by atoms with E-state index in [0.717, 1.165) is 61.5 Å². The zero-order valence-electron chi connectivity index (χ0n) is 26.7. The molecule has 0 radical (unpaired) electrons. The lowest BCUT2D eigenvalue weighted by atomic mass is 10.1. The number of nitrogens with one attached hydrogen (secondary N) is 1. The minimum Gasteiger partial charge on any atom is -0.330 e. The third-order valence-corrected chi connectivity index (χ3v) is 10.2. The van der Waals surface area contributed by atoms with E-state index in [0.29, 0.717) is 31.1 Å². The van der Waals surface area contributed by atoms with Crippen LogP contribution in [-0.2, 0) is 35.7 Å². The van der Waals surface area contributed by atoms with Gasteiger partial charge in [-0.1, -0.05) is 48.0 Å². The predicted octanol–water partition coefficient (Wildman–Crippen LogP) is 5.80. The molecule has 7 rings (SSSR count).